The second-order valence-electron chi connectivity index (χ2n) is 7.31. The molecule has 3 unspecified atom stereocenters. The lowest BCUT2D eigenvalue weighted by molar-refractivity contribution is 0.0179. The molecule has 0 amide bonds. The minimum atomic E-state index is 0. The zero-order valence-electron chi connectivity index (χ0n) is 17.1. The summed E-state index contributed by atoms with van der Waals surface area (Å²) < 4.78 is 5.56. The first-order chi connectivity index (χ1) is 13.3. The fourth-order valence-electron chi connectivity index (χ4n) is 3.97. The van der Waals surface area contributed by atoms with Gasteiger partial charge in [0.25, 0.3) is 0 Å². The number of hydrogen-bond donors (Lipinski definition) is 2. The molecule has 3 atom stereocenters. The molecule has 1 aliphatic heterocycles. The number of nitrogens with zero attached hydrogens (tertiary/aromatic N) is 2. The van der Waals surface area contributed by atoms with Crippen LogP contribution in [-0.4, -0.2) is 67.8 Å². The molecule has 3 rings (SSSR count). The van der Waals surface area contributed by atoms with Crippen LogP contribution in [0.1, 0.15) is 37.8 Å². The summed E-state index contributed by atoms with van der Waals surface area (Å²) in [4.78, 5) is 7.49. The van der Waals surface area contributed by atoms with Gasteiger partial charge in [-0.3, -0.25) is 9.89 Å². The summed E-state index contributed by atoms with van der Waals surface area (Å²) in [6.07, 6.45) is 6.00. The Balaban J connectivity index is 0.00000280. The van der Waals surface area contributed by atoms with Gasteiger partial charge in [0.15, 0.2) is 5.96 Å². The maximum Gasteiger partial charge on any atom is 0.191 e. The van der Waals surface area contributed by atoms with Gasteiger partial charge in [-0.25, -0.2) is 0 Å². The van der Waals surface area contributed by atoms with E-state index in [9.17, 15) is 0 Å². The van der Waals surface area contributed by atoms with Crippen molar-refractivity contribution < 1.29 is 4.74 Å². The summed E-state index contributed by atoms with van der Waals surface area (Å²) in [6, 6.07) is 11.6. The van der Waals surface area contributed by atoms with E-state index in [0.717, 1.165) is 50.6 Å². The largest absolute Gasteiger partial charge is 0.379 e. The van der Waals surface area contributed by atoms with E-state index in [0.29, 0.717) is 12.1 Å². The number of benzene rings is 1. The number of rotatable bonds is 7. The molecule has 0 bridgehead atoms. The van der Waals surface area contributed by atoms with Crippen molar-refractivity contribution in [2.45, 2.75) is 43.5 Å². The van der Waals surface area contributed by atoms with Gasteiger partial charge in [-0.15, -0.1) is 24.0 Å². The summed E-state index contributed by atoms with van der Waals surface area (Å²) in [6.45, 7) is 7.34. The van der Waals surface area contributed by atoms with E-state index in [1.165, 1.54) is 24.8 Å². The summed E-state index contributed by atoms with van der Waals surface area (Å²) in [5.74, 6) is 0.957. The fourth-order valence-corrected chi connectivity index (χ4v) is 4.77. The van der Waals surface area contributed by atoms with E-state index >= 15 is 0 Å². The molecule has 158 valence electrons. The Morgan fingerprint density at radius 2 is 2.00 bits per heavy atom. The van der Waals surface area contributed by atoms with Crippen molar-refractivity contribution in [3.05, 3.63) is 35.9 Å². The van der Waals surface area contributed by atoms with Gasteiger partial charge in [0.2, 0.25) is 0 Å². The smallest absolute Gasteiger partial charge is 0.191 e. The summed E-state index contributed by atoms with van der Waals surface area (Å²) in [7, 11) is 0. The molecule has 2 N–H and O–H groups in total. The molecule has 1 aliphatic carbocycles. The highest BCUT2D eigenvalue weighted by atomic mass is 127. The molecular formula is C21H35IN4OS. The third-order valence-corrected chi connectivity index (χ3v) is 6.59. The van der Waals surface area contributed by atoms with Crippen molar-refractivity contribution in [1.29, 1.82) is 0 Å². The highest BCUT2D eigenvalue weighted by Crippen LogP contribution is 2.28. The molecular weight excluding hydrogens is 483 g/mol. The Bertz CT molecular complexity index is 583. The highest BCUT2D eigenvalue weighted by molar-refractivity contribution is 14.0. The summed E-state index contributed by atoms with van der Waals surface area (Å²) in [5, 5.41) is 7.90. The van der Waals surface area contributed by atoms with Gasteiger partial charge >= 0.3 is 0 Å². The van der Waals surface area contributed by atoms with E-state index in [1.807, 2.05) is 11.8 Å². The SMILES string of the molecule is CCNC(=NCC(c1ccccc1)N1CCOCC1)NC1CCC(SC)C1.I. The van der Waals surface area contributed by atoms with Gasteiger partial charge in [0.05, 0.1) is 25.8 Å². The first-order valence-electron chi connectivity index (χ1n) is 10.2. The first-order valence-corrected chi connectivity index (χ1v) is 11.5. The predicted octanol–water partition coefficient (Wildman–Crippen LogP) is 3.52. The Kier molecular flexibility index (Phi) is 11.0. The minimum absolute atomic E-state index is 0. The van der Waals surface area contributed by atoms with Gasteiger partial charge in [0.1, 0.15) is 0 Å². The van der Waals surface area contributed by atoms with Crippen LogP contribution in [0, 0.1) is 0 Å². The fraction of sp³-hybridized carbons (Fsp3) is 0.667. The summed E-state index contributed by atoms with van der Waals surface area (Å²) in [5.41, 5.74) is 1.34. The maximum absolute atomic E-state index is 5.56. The molecule has 1 saturated heterocycles. The molecule has 7 heteroatoms. The average Bonchev–Trinajstić information content (AvgIpc) is 3.17. The zero-order valence-corrected chi connectivity index (χ0v) is 20.2. The monoisotopic (exact) mass is 518 g/mol. The van der Waals surface area contributed by atoms with E-state index in [2.05, 4.69) is 59.0 Å². The van der Waals surface area contributed by atoms with Crippen LogP contribution in [0.5, 0.6) is 0 Å². The van der Waals surface area contributed by atoms with Crippen molar-refractivity contribution in [3.63, 3.8) is 0 Å². The van der Waals surface area contributed by atoms with Crippen LogP contribution in [-0.2, 0) is 4.74 Å². The lowest BCUT2D eigenvalue weighted by atomic mass is 10.0. The predicted molar refractivity (Wildman–Crippen MR) is 131 cm³/mol. The Labute approximate surface area is 191 Å². The third kappa shape index (κ3) is 7.07. The molecule has 0 radical (unpaired) electrons. The molecule has 2 aliphatic rings. The van der Waals surface area contributed by atoms with E-state index < -0.39 is 0 Å². The van der Waals surface area contributed by atoms with Crippen molar-refractivity contribution >= 4 is 41.7 Å². The van der Waals surface area contributed by atoms with Crippen LogP contribution >= 0.6 is 35.7 Å². The van der Waals surface area contributed by atoms with Crippen molar-refractivity contribution in [2.75, 3.05) is 45.6 Å². The molecule has 0 aromatic heterocycles. The molecule has 1 aromatic carbocycles. The highest BCUT2D eigenvalue weighted by Gasteiger charge is 2.25. The number of ether oxygens (including phenoxy) is 1. The van der Waals surface area contributed by atoms with E-state index in [-0.39, 0.29) is 24.0 Å². The van der Waals surface area contributed by atoms with E-state index in [1.54, 1.807) is 0 Å². The molecule has 2 fully saturated rings. The second-order valence-corrected chi connectivity index (χ2v) is 8.44. The second kappa shape index (κ2) is 12.9. The van der Waals surface area contributed by atoms with Crippen molar-refractivity contribution in [2.24, 2.45) is 4.99 Å². The lowest BCUT2D eigenvalue weighted by Gasteiger charge is -2.34. The Hall–Kier alpha value is -0.510. The maximum atomic E-state index is 5.56. The normalized spacial score (nSPS) is 24.4. The zero-order chi connectivity index (χ0) is 18.9. The van der Waals surface area contributed by atoms with Crippen molar-refractivity contribution in [1.82, 2.24) is 15.5 Å². The first kappa shape index (κ1) is 23.8. The molecule has 1 heterocycles. The number of halogens is 1. The molecule has 1 saturated carbocycles. The Morgan fingerprint density at radius 1 is 1.25 bits per heavy atom. The van der Waals surface area contributed by atoms with Gasteiger partial charge in [-0.2, -0.15) is 11.8 Å². The number of hydrogen-bond acceptors (Lipinski definition) is 4. The lowest BCUT2D eigenvalue weighted by Crippen LogP contribution is -2.44. The topological polar surface area (TPSA) is 48.9 Å². The van der Waals surface area contributed by atoms with Gasteiger partial charge in [0, 0.05) is 30.9 Å². The van der Waals surface area contributed by atoms with Crippen LogP contribution in [0.2, 0.25) is 0 Å². The molecule has 28 heavy (non-hydrogen) atoms. The molecule has 1 aromatic rings. The van der Waals surface area contributed by atoms with Crippen LogP contribution in [0.25, 0.3) is 0 Å². The standard InChI is InChI=1S/C21H34N4OS.HI/c1-3-22-21(24-18-9-10-19(15-18)27-2)23-16-20(17-7-5-4-6-8-17)25-11-13-26-14-12-25;/h4-8,18-20H,3,9-16H2,1-2H3,(H2,22,23,24);1H. The van der Waals surface area contributed by atoms with Crippen molar-refractivity contribution in [3.8, 4) is 0 Å². The number of thioether (sulfide) groups is 1. The number of guanidine groups is 1. The van der Waals surface area contributed by atoms with Gasteiger partial charge < -0.3 is 15.4 Å². The van der Waals surface area contributed by atoms with Crippen LogP contribution in [0.15, 0.2) is 35.3 Å². The minimum Gasteiger partial charge on any atom is -0.379 e. The Morgan fingerprint density at radius 3 is 2.64 bits per heavy atom. The van der Waals surface area contributed by atoms with Gasteiger partial charge in [-0.1, -0.05) is 30.3 Å². The van der Waals surface area contributed by atoms with Gasteiger partial charge in [-0.05, 0) is 38.0 Å². The number of aliphatic imine (C=N–C) groups is 1. The number of morpholine rings is 1. The van der Waals surface area contributed by atoms with Crippen LogP contribution < -0.4 is 10.6 Å². The third-order valence-electron chi connectivity index (χ3n) is 5.50. The molecule has 5 nitrogen and oxygen atoms in total. The summed E-state index contributed by atoms with van der Waals surface area (Å²) >= 11 is 1.99. The van der Waals surface area contributed by atoms with Crippen LogP contribution in [0.4, 0.5) is 0 Å². The average molecular weight is 519 g/mol. The van der Waals surface area contributed by atoms with Crippen LogP contribution in [0.3, 0.4) is 0 Å². The molecule has 0 spiro atoms. The quantitative estimate of drug-likeness (QED) is 0.329. The number of nitrogens with one attached hydrogen (secondary N) is 2. The van der Waals surface area contributed by atoms with E-state index in [4.69, 9.17) is 9.73 Å².